The van der Waals surface area contributed by atoms with Crippen molar-refractivity contribution in [1.29, 1.82) is 0 Å². The highest BCUT2D eigenvalue weighted by Crippen LogP contribution is 2.30. The van der Waals surface area contributed by atoms with Crippen LogP contribution in [0.2, 0.25) is 10.0 Å². The quantitative estimate of drug-likeness (QED) is 0.720. The van der Waals surface area contributed by atoms with Gasteiger partial charge in [-0.2, -0.15) is 0 Å². The fourth-order valence-corrected chi connectivity index (χ4v) is 3.40. The van der Waals surface area contributed by atoms with E-state index in [1.165, 1.54) is 12.1 Å². The molecule has 4 N–H and O–H groups in total. The molecule has 0 saturated carbocycles. The summed E-state index contributed by atoms with van der Waals surface area (Å²) in [7, 11) is -3.89. The van der Waals surface area contributed by atoms with Gasteiger partial charge in [0.1, 0.15) is 4.90 Å². The molecule has 1 rings (SSSR count). The number of hydrogen-bond donors (Lipinski definition) is 3. The molecular weight excluding hydrogens is 311 g/mol. The molecule has 0 aromatic heterocycles. The van der Waals surface area contributed by atoms with Crippen LogP contribution in [0.1, 0.15) is 13.8 Å². The summed E-state index contributed by atoms with van der Waals surface area (Å²) in [5, 5.41) is 9.80. The third-order valence-corrected chi connectivity index (χ3v) is 4.73. The van der Waals surface area contributed by atoms with E-state index in [9.17, 15) is 13.5 Å². The Morgan fingerprint density at radius 3 is 2.42 bits per heavy atom. The van der Waals surface area contributed by atoms with Crippen LogP contribution in [0.4, 0.5) is 5.69 Å². The van der Waals surface area contributed by atoms with Crippen molar-refractivity contribution in [3.8, 4) is 0 Å². The van der Waals surface area contributed by atoms with Gasteiger partial charge in [0, 0.05) is 11.6 Å². The molecule has 1 aromatic rings. The number of benzene rings is 1. The second-order valence-corrected chi connectivity index (χ2v) is 7.02. The molecule has 0 heterocycles. The van der Waals surface area contributed by atoms with Crippen LogP contribution in [0, 0.1) is 5.92 Å². The topological polar surface area (TPSA) is 92.4 Å². The summed E-state index contributed by atoms with van der Waals surface area (Å²) < 4.78 is 26.4. The zero-order chi connectivity index (χ0) is 14.8. The van der Waals surface area contributed by atoms with E-state index in [0.717, 1.165) is 0 Å². The molecule has 0 radical (unpaired) electrons. The predicted molar refractivity (Wildman–Crippen MR) is 76.9 cm³/mol. The molecule has 0 bridgehead atoms. The molecule has 1 aromatic carbocycles. The first-order valence-electron chi connectivity index (χ1n) is 5.57. The smallest absolute Gasteiger partial charge is 0.244 e. The standard InChI is InChI=1S/C11H16Cl2N2O3S/c1-6(2)10(16)5-15-19(17,18)11-8(13)3-7(12)4-9(11)14/h3-4,6,10,15-16H,5,14H2,1-2H3. The highest BCUT2D eigenvalue weighted by Gasteiger charge is 2.23. The Morgan fingerprint density at radius 2 is 1.95 bits per heavy atom. The SMILES string of the molecule is CC(C)C(O)CNS(=O)(=O)c1c(N)cc(Cl)cc1Cl. The van der Waals surface area contributed by atoms with Gasteiger partial charge in [-0.05, 0) is 18.1 Å². The van der Waals surface area contributed by atoms with Crippen molar-refractivity contribution >= 4 is 38.9 Å². The van der Waals surface area contributed by atoms with Gasteiger partial charge in [0.05, 0.1) is 16.8 Å². The maximum Gasteiger partial charge on any atom is 0.244 e. The van der Waals surface area contributed by atoms with Gasteiger partial charge in [-0.3, -0.25) is 0 Å². The Hall–Kier alpha value is -0.530. The van der Waals surface area contributed by atoms with Crippen LogP contribution in [0.5, 0.6) is 0 Å². The number of halogens is 2. The van der Waals surface area contributed by atoms with E-state index in [0.29, 0.717) is 0 Å². The van der Waals surface area contributed by atoms with E-state index in [1.54, 1.807) is 13.8 Å². The molecular formula is C11H16Cl2N2O3S. The lowest BCUT2D eigenvalue weighted by molar-refractivity contribution is 0.129. The van der Waals surface area contributed by atoms with Crippen LogP contribution >= 0.6 is 23.2 Å². The molecule has 0 aliphatic heterocycles. The maximum absolute atomic E-state index is 12.1. The zero-order valence-electron chi connectivity index (χ0n) is 10.5. The first kappa shape index (κ1) is 16.5. The number of nitrogen functional groups attached to an aromatic ring is 1. The van der Waals surface area contributed by atoms with Gasteiger partial charge in [0.2, 0.25) is 10.0 Å². The first-order valence-corrected chi connectivity index (χ1v) is 7.81. The van der Waals surface area contributed by atoms with E-state index in [2.05, 4.69) is 4.72 Å². The fraction of sp³-hybridized carbons (Fsp3) is 0.455. The molecule has 5 nitrogen and oxygen atoms in total. The summed E-state index contributed by atoms with van der Waals surface area (Å²) in [6, 6.07) is 2.60. The van der Waals surface area contributed by atoms with Gasteiger partial charge in [0.15, 0.2) is 0 Å². The Morgan fingerprint density at radius 1 is 1.37 bits per heavy atom. The molecule has 0 fully saturated rings. The molecule has 0 aliphatic rings. The number of anilines is 1. The number of nitrogens with two attached hydrogens (primary N) is 1. The van der Waals surface area contributed by atoms with Gasteiger partial charge in [-0.25, -0.2) is 13.1 Å². The molecule has 0 aliphatic carbocycles. The average molecular weight is 327 g/mol. The van der Waals surface area contributed by atoms with Crippen molar-refractivity contribution in [3.05, 3.63) is 22.2 Å². The molecule has 19 heavy (non-hydrogen) atoms. The van der Waals surface area contributed by atoms with Gasteiger partial charge < -0.3 is 10.8 Å². The lowest BCUT2D eigenvalue weighted by Gasteiger charge is -2.16. The maximum atomic E-state index is 12.1. The summed E-state index contributed by atoms with van der Waals surface area (Å²) >= 11 is 11.6. The van der Waals surface area contributed by atoms with E-state index < -0.39 is 16.1 Å². The van der Waals surface area contributed by atoms with Crippen LogP contribution in [-0.2, 0) is 10.0 Å². The summed E-state index contributed by atoms with van der Waals surface area (Å²) in [4.78, 5) is -0.227. The van der Waals surface area contributed by atoms with Gasteiger partial charge in [-0.1, -0.05) is 37.0 Å². The minimum Gasteiger partial charge on any atom is -0.398 e. The number of aliphatic hydroxyl groups excluding tert-OH is 1. The van der Waals surface area contributed by atoms with Crippen molar-refractivity contribution in [2.24, 2.45) is 5.92 Å². The Bertz CT molecular complexity index is 538. The monoisotopic (exact) mass is 326 g/mol. The van der Waals surface area contributed by atoms with Crippen molar-refractivity contribution in [2.45, 2.75) is 24.8 Å². The number of aliphatic hydroxyl groups is 1. The summed E-state index contributed by atoms with van der Waals surface area (Å²) in [6.45, 7) is 3.45. The van der Waals surface area contributed by atoms with Crippen LogP contribution in [0.25, 0.3) is 0 Å². The number of rotatable bonds is 5. The van der Waals surface area contributed by atoms with Gasteiger partial charge in [-0.15, -0.1) is 0 Å². The minimum absolute atomic E-state index is 0.0379. The summed E-state index contributed by atoms with van der Waals surface area (Å²) in [5.41, 5.74) is 5.59. The average Bonchev–Trinajstić information content (AvgIpc) is 2.23. The third kappa shape index (κ3) is 4.22. The second kappa shape index (κ2) is 6.28. The zero-order valence-corrected chi connectivity index (χ0v) is 12.9. The predicted octanol–water partition coefficient (Wildman–Crippen LogP) is 1.87. The van der Waals surface area contributed by atoms with Crippen LogP contribution in [-0.4, -0.2) is 26.2 Å². The largest absolute Gasteiger partial charge is 0.398 e. The normalized spacial score (nSPS) is 13.8. The van der Waals surface area contributed by atoms with E-state index >= 15 is 0 Å². The lowest BCUT2D eigenvalue weighted by Crippen LogP contribution is -2.35. The highest BCUT2D eigenvalue weighted by molar-refractivity contribution is 7.89. The number of sulfonamides is 1. The van der Waals surface area contributed by atoms with Gasteiger partial charge >= 0.3 is 0 Å². The summed E-state index contributed by atoms with van der Waals surface area (Å²) in [6.07, 6.45) is -0.790. The van der Waals surface area contributed by atoms with Crippen molar-refractivity contribution < 1.29 is 13.5 Å². The Kier molecular flexibility index (Phi) is 5.46. The molecule has 1 unspecified atom stereocenters. The van der Waals surface area contributed by atoms with E-state index in [4.69, 9.17) is 28.9 Å². The Labute approximate surface area is 122 Å². The molecule has 0 amide bonds. The van der Waals surface area contributed by atoms with Crippen LogP contribution in [0.15, 0.2) is 17.0 Å². The van der Waals surface area contributed by atoms with Crippen LogP contribution < -0.4 is 10.5 Å². The van der Waals surface area contributed by atoms with Crippen molar-refractivity contribution in [1.82, 2.24) is 4.72 Å². The van der Waals surface area contributed by atoms with E-state index in [1.807, 2.05) is 0 Å². The fourth-order valence-electron chi connectivity index (χ4n) is 1.37. The van der Waals surface area contributed by atoms with E-state index in [-0.39, 0.29) is 33.1 Å². The molecule has 8 heteroatoms. The molecule has 0 saturated heterocycles. The Balaban J connectivity index is 3.02. The molecule has 0 spiro atoms. The first-order chi connectivity index (χ1) is 8.65. The number of hydrogen-bond acceptors (Lipinski definition) is 4. The van der Waals surface area contributed by atoms with Crippen molar-refractivity contribution in [2.75, 3.05) is 12.3 Å². The third-order valence-electron chi connectivity index (χ3n) is 2.56. The highest BCUT2D eigenvalue weighted by atomic mass is 35.5. The minimum atomic E-state index is -3.89. The van der Waals surface area contributed by atoms with Crippen LogP contribution in [0.3, 0.4) is 0 Å². The second-order valence-electron chi connectivity index (χ2n) is 4.47. The summed E-state index contributed by atoms with van der Waals surface area (Å²) in [5.74, 6) is -0.0688. The molecule has 1 atom stereocenters. The van der Waals surface area contributed by atoms with Gasteiger partial charge in [0.25, 0.3) is 0 Å². The van der Waals surface area contributed by atoms with Crippen molar-refractivity contribution in [3.63, 3.8) is 0 Å². The lowest BCUT2D eigenvalue weighted by atomic mass is 10.1. The molecule has 108 valence electrons. The number of nitrogens with one attached hydrogen (secondary N) is 1.